The van der Waals surface area contributed by atoms with Crippen molar-refractivity contribution in [2.45, 2.75) is 13.5 Å². The van der Waals surface area contributed by atoms with Gasteiger partial charge in [0.15, 0.2) is 0 Å². The van der Waals surface area contributed by atoms with Crippen molar-refractivity contribution in [3.8, 4) is 5.75 Å². The van der Waals surface area contributed by atoms with Gasteiger partial charge in [-0.15, -0.1) is 0 Å². The maximum absolute atomic E-state index is 12.2. The SMILES string of the molecule is CCn1c(N)c(N2CCN(c3ccc(OC)cc3)CC2)c(=O)[nH]c1=O. The number of rotatable bonds is 4. The monoisotopic (exact) mass is 345 g/mol. The molecule has 1 fully saturated rings. The quantitative estimate of drug-likeness (QED) is 0.836. The van der Waals surface area contributed by atoms with Crippen molar-refractivity contribution < 1.29 is 4.74 Å². The van der Waals surface area contributed by atoms with Gasteiger partial charge in [0.25, 0.3) is 5.56 Å². The molecule has 2 aromatic rings. The molecular formula is C17H23N5O3. The maximum Gasteiger partial charge on any atom is 0.330 e. The van der Waals surface area contributed by atoms with Crippen LogP contribution in [0.25, 0.3) is 0 Å². The predicted octanol–water partition coefficient (Wildman–Crippen LogP) is 0.474. The summed E-state index contributed by atoms with van der Waals surface area (Å²) >= 11 is 0. The zero-order valence-corrected chi connectivity index (χ0v) is 14.5. The number of nitrogens with zero attached hydrogens (tertiary/aromatic N) is 3. The summed E-state index contributed by atoms with van der Waals surface area (Å²) in [5.74, 6) is 1.05. The minimum atomic E-state index is -0.467. The summed E-state index contributed by atoms with van der Waals surface area (Å²) < 4.78 is 6.56. The highest BCUT2D eigenvalue weighted by Crippen LogP contribution is 2.23. The lowest BCUT2D eigenvalue weighted by atomic mass is 10.2. The van der Waals surface area contributed by atoms with Crippen molar-refractivity contribution in [2.75, 3.05) is 48.8 Å². The molecule has 0 atom stereocenters. The molecule has 134 valence electrons. The first-order chi connectivity index (χ1) is 12.0. The van der Waals surface area contributed by atoms with Gasteiger partial charge in [-0.05, 0) is 31.2 Å². The van der Waals surface area contributed by atoms with Gasteiger partial charge >= 0.3 is 5.69 Å². The first-order valence-corrected chi connectivity index (χ1v) is 8.31. The number of hydrogen-bond donors (Lipinski definition) is 2. The number of aromatic nitrogens is 2. The average Bonchev–Trinajstić information content (AvgIpc) is 2.62. The van der Waals surface area contributed by atoms with Crippen LogP contribution in [0.3, 0.4) is 0 Å². The third-order valence-electron chi connectivity index (χ3n) is 4.56. The normalized spacial score (nSPS) is 14.6. The van der Waals surface area contributed by atoms with Gasteiger partial charge in [0.2, 0.25) is 0 Å². The Bertz CT molecular complexity index is 848. The number of anilines is 3. The van der Waals surface area contributed by atoms with E-state index >= 15 is 0 Å². The fourth-order valence-electron chi connectivity index (χ4n) is 3.18. The van der Waals surface area contributed by atoms with Crippen LogP contribution in [-0.2, 0) is 6.54 Å². The van der Waals surface area contributed by atoms with E-state index in [1.807, 2.05) is 36.1 Å². The number of hydrogen-bond acceptors (Lipinski definition) is 6. The minimum Gasteiger partial charge on any atom is -0.497 e. The molecule has 1 aromatic carbocycles. The molecule has 0 bridgehead atoms. The van der Waals surface area contributed by atoms with E-state index in [1.165, 1.54) is 4.57 Å². The molecule has 3 rings (SSSR count). The molecule has 1 saturated heterocycles. The number of nitrogens with one attached hydrogen (secondary N) is 1. The molecule has 0 aliphatic carbocycles. The van der Waals surface area contributed by atoms with Crippen LogP contribution in [0.5, 0.6) is 5.75 Å². The van der Waals surface area contributed by atoms with E-state index in [-0.39, 0.29) is 5.82 Å². The van der Waals surface area contributed by atoms with E-state index in [1.54, 1.807) is 7.11 Å². The average molecular weight is 345 g/mol. The van der Waals surface area contributed by atoms with Gasteiger partial charge in [0.05, 0.1) is 7.11 Å². The van der Waals surface area contributed by atoms with Crippen LogP contribution in [-0.4, -0.2) is 42.8 Å². The summed E-state index contributed by atoms with van der Waals surface area (Å²) in [6, 6.07) is 7.91. The van der Waals surface area contributed by atoms with E-state index in [2.05, 4.69) is 9.88 Å². The Labute approximate surface area is 145 Å². The van der Waals surface area contributed by atoms with Crippen LogP contribution in [0.1, 0.15) is 6.92 Å². The Kier molecular flexibility index (Phi) is 4.69. The molecule has 0 saturated carbocycles. The maximum atomic E-state index is 12.2. The van der Waals surface area contributed by atoms with Crippen LogP contribution >= 0.6 is 0 Å². The molecule has 8 nitrogen and oxygen atoms in total. The van der Waals surface area contributed by atoms with Gasteiger partial charge in [-0.1, -0.05) is 0 Å². The highest BCUT2D eigenvalue weighted by molar-refractivity contribution is 5.63. The first-order valence-electron chi connectivity index (χ1n) is 8.31. The zero-order chi connectivity index (χ0) is 18.0. The van der Waals surface area contributed by atoms with Crippen molar-refractivity contribution in [1.29, 1.82) is 0 Å². The zero-order valence-electron chi connectivity index (χ0n) is 14.5. The summed E-state index contributed by atoms with van der Waals surface area (Å²) in [5, 5.41) is 0. The highest BCUT2D eigenvalue weighted by Gasteiger charge is 2.23. The van der Waals surface area contributed by atoms with E-state index in [0.29, 0.717) is 25.3 Å². The number of nitrogens with two attached hydrogens (primary N) is 1. The molecule has 1 aliphatic rings. The van der Waals surface area contributed by atoms with Crippen molar-refractivity contribution in [3.05, 3.63) is 45.1 Å². The standard InChI is InChI=1S/C17H23N5O3/c1-3-22-15(18)14(16(23)19-17(22)24)21-10-8-20(9-11-21)12-4-6-13(25-2)7-5-12/h4-7H,3,8-11,18H2,1-2H3,(H,19,23,24). The van der Waals surface area contributed by atoms with Crippen molar-refractivity contribution >= 4 is 17.2 Å². The van der Waals surface area contributed by atoms with Crippen LogP contribution in [0, 0.1) is 0 Å². The summed E-state index contributed by atoms with van der Waals surface area (Å²) in [6.45, 7) is 5.07. The van der Waals surface area contributed by atoms with Crippen molar-refractivity contribution in [3.63, 3.8) is 0 Å². The summed E-state index contributed by atoms with van der Waals surface area (Å²) in [7, 11) is 1.64. The summed E-state index contributed by atoms with van der Waals surface area (Å²) in [5.41, 5.74) is 6.68. The van der Waals surface area contributed by atoms with Crippen LogP contribution in [0.15, 0.2) is 33.9 Å². The number of H-pyrrole nitrogens is 1. The molecule has 1 aromatic heterocycles. The van der Waals surface area contributed by atoms with E-state index in [9.17, 15) is 9.59 Å². The summed E-state index contributed by atoms with van der Waals surface area (Å²) in [4.78, 5) is 30.6. The minimum absolute atomic E-state index is 0.231. The molecule has 0 amide bonds. The first kappa shape index (κ1) is 16.9. The Morgan fingerprint density at radius 1 is 1.08 bits per heavy atom. The van der Waals surface area contributed by atoms with Crippen LogP contribution in [0.2, 0.25) is 0 Å². The van der Waals surface area contributed by atoms with Gasteiger partial charge in [0, 0.05) is 38.4 Å². The number of aromatic amines is 1. The van der Waals surface area contributed by atoms with Gasteiger partial charge < -0.3 is 20.3 Å². The van der Waals surface area contributed by atoms with E-state index in [4.69, 9.17) is 10.5 Å². The number of ether oxygens (including phenoxy) is 1. The number of nitrogen functional groups attached to an aromatic ring is 1. The lowest BCUT2D eigenvalue weighted by molar-refractivity contribution is 0.415. The van der Waals surface area contributed by atoms with Crippen LogP contribution in [0.4, 0.5) is 17.2 Å². The molecule has 2 heterocycles. The van der Waals surface area contributed by atoms with Crippen molar-refractivity contribution in [1.82, 2.24) is 9.55 Å². The van der Waals surface area contributed by atoms with Gasteiger partial charge in [-0.25, -0.2) is 4.79 Å². The second kappa shape index (κ2) is 6.92. The van der Waals surface area contributed by atoms with Gasteiger partial charge in [0.1, 0.15) is 17.3 Å². The highest BCUT2D eigenvalue weighted by atomic mass is 16.5. The van der Waals surface area contributed by atoms with E-state index < -0.39 is 11.2 Å². The molecule has 0 unspecified atom stereocenters. The Morgan fingerprint density at radius 2 is 1.68 bits per heavy atom. The topological polar surface area (TPSA) is 96.6 Å². The Hall–Kier alpha value is -2.90. The number of piperazine rings is 1. The fraction of sp³-hybridized carbons (Fsp3) is 0.412. The molecule has 1 aliphatic heterocycles. The second-order valence-corrected chi connectivity index (χ2v) is 5.91. The molecular weight excluding hydrogens is 322 g/mol. The lowest BCUT2D eigenvalue weighted by Crippen LogP contribution is -2.49. The molecule has 0 spiro atoms. The Balaban J connectivity index is 1.78. The predicted molar refractivity (Wildman–Crippen MR) is 98.8 cm³/mol. The third-order valence-corrected chi connectivity index (χ3v) is 4.56. The molecule has 25 heavy (non-hydrogen) atoms. The summed E-state index contributed by atoms with van der Waals surface area (Å²) in [6.07, 6.45) is 0. The van der Waals surface area contributed by atoms with Crippen LogP contribution < -0.4 is 31.5 Å². The molecule has 3 N–H and O–H groups in total. The Morgan fingerprint density at radius 3 is 2.24 bits per heavy atom. The number of methoxy groups -OCH3 is 1. The third kappa shape index (κ3) is 3.19. The second-order valence-electron chi connectivity index (χ2n) is 5.91. The lowest BCUT2D eigenvalue weighted by Gasteiger charge is -2.37. The largest absolute Gasteiger partial charge is 0.497 e. The molecule has 8 heteroatoms. The van der Waals surface area contributed by atoms with E-state index in [0.717, 1.165) is 24.5 Å². The van der Waals surface area contributed by atoms with Crippen molar-refractivity contribution in [2.24, 2.45) is 0 Å². The van der Waals surface area contributed by atoms with Gasteiger partial charge in [-0.3, -0.25) is 14.3 Å². The fourth-order valence-corrected chi connectivity index (χ4v) is 3.18. The number of benzene rings is 1. The van der Waals surface area contributed by atoms with Gasteiger partial charge in [-0.2, -0.15) is 0 Å². The smallest absolute Gasteiger partial charge is 0.330 e. The molecule has 0 radical (unpaired) electrons.